The first-order valence-electron chi connectivity index (χ1n) is 3.27. The van der Waals surface area contributed by atoms with Crippen molar-refractivity contribution in [2.24, 2.45) is 5.73 Å². The van der Waals surface area contributed by atoms with Crippen molar-refractivity contribution in [3.05, 3.63) is 0 Å². The molecule has 0 aromatic carbocycles. The molecule has 9 heavy (non-hydrogen) atoms. The topological polar surface area (TPSA) is 46.2 Å². The van der Waals surface area contributed by atoms with Gasteiger partial charge in [0.2, 0.25) is 0 Å². The first-order chi connectivity index (χ1) is 4.31. The lowest BCUT2D eigenvalue weighted by Crippen LogP contribution is -2.20. The van der Waals surface area contributed by atoms with Crippen molar-refractivity contribution >= 4 is 11.8 Å². The van der Waals surface area contributed by atoms with E-state index in [1.54, 1.807) is 0 Å². The third-order valence-corrected chi connectivity index (χ3v) is 2.00. The lowest BCUT2D eigenvalue weighted by atomic mass is 10.3. The molecular weight excluding hydrogens is 134 g/mol. The van der Waals surface area contributed by atoms with Crippen LogP contribution in [-0.4, -0.2) is 29.3 Å². The van der Waals surface area contributed by atoms with Crippen molar-refractivity contribution in [2.75, 3.05) is 18.1 Å². The molecule has 0 rings (SSSR count). The molecule has 2 nitrogen and oxygen atoms in total. The molecular formula is C6H15NOS. The predicted octanol–water partition coefficient (Wildman–Crippen LogP) is 0.449. The Labute approximate surface area is 60.8 Å². The van der Waals surface area contributed by atoms with Crippen LogP contribution in [0.5, 0.6) is 0 Å². The van der Waals surface area contributed by atoms with Gasteiger partial charge >= 0.3 is 0 Å². The highest BCUT2D eigenvalue weighted by Gasteiger charge is 1.98. The van der Waals surface area contributed by atoms with Crippen LogP contribution in [0.25, 0.3) is 0 Å². The SMILES string of the molecule is CCSCCC(O)CN. The monoisotopic (exact) mass is 149 g/mol. The molecule has 0 radical (unpaired) electrons. The van der Waals surface area contributed by atoms with Gasteiger partial charge in [-0.1, -0.05) is 6.92 Å². The van der Waals surface area contributed by atoms with Crippen LogP contribution in [0, 0.1) is 0 Å². The third-order valence-electron chi connectivity index (χ3n) is 1.07. The number of aliphatic hydroxyl groups excluding tert-OH is 1. The number of hydrogen-bond donors (Lipinski definition) is 2. The van der Waals surface area contributed by atoms with E-state index in [0.29, 0.717) is 6.54 Å². The van der Waals surface area contributed by atoms with Crippen molar-refractivity contribution in [1.29, 1.82) is 0 Å². The Morgan fingerprint density at radius 3 is 2.78 bits per heavy atom. The van der Waals surface area contributed by atoms with Gasteiger partial charge in [-0.25, -0.2) is 0 Å². The molecule has 1 atom stereocenters. The van der Waals surface area contributed by atoms with Gasteiger partial charge in [0.15, 0.2) is 0 Å². The van der Waals surface area contributed by atoms with Crippen LogP contribution >= 0.6 is 11.8 Å². The number of rotatable bonds is 5. The van der Waals surface area contributed by atoms with Crippen molar-refractivity contribution in [2.45, 2.75) is 19.4 Å². The highest BCUT2D eigenvalue weighted by Crippen LogP contribution is 2.02. The standard InChI is InChI=1S/C6H15NOS/c1-2-9-4-3-6(8)5-7/h6,8H,2-5,7H2,1H3. The minimum absolute atomic E-state index is 0.288. The van der Waals surface area contributed by atoms with E-state index in [-0.39, 0.29) is 6.10 Å². The summed E-state index contributed by atoms with van der Waals surface area (Å²) in [5.74, 6) is 2.14. The van der Waals surface area contributed by atoms with E-state index < -0.39 is 0 Å². The Morgan fingerprint density at radius 2 is 2.33 bits per heavy atom. The van der Waals surface area contributed by atoms with Crippen LogP contribution < -0.4 is 5.73 Å². The molecule has 0 fully saturated rings. The fourth-order valence-corrected chi connectivity index (χ4v) is 1.21. The van der Waals surface area contributed by atoms with Crippen molar-refractivity contribution in [1.82, 2.24) is 0 Å². The second kappa shape index (κ2) is 6.39. The molecule has 0 heterocycles. The highest BCUT2D eigenvalue weighted by atomic mass is 32.2. The number of aliphatic hydroxyl groups is 1. The van der Waals surface area contributed by atoms with Gasteiger partial charge < -0.3 is 10.8 Å². The minimum atomic E-state index is -0.288. The molecule has 0 aliphatic carbocycles. The van der Waals surface area contributed by atoms with Gasteiger partial charge in [-0.3, -0.25) is 0 Å². The maximum absolute atomic E-state index is 8.95. The zero-order valence-corrected chi connectivity index (χ0v) is 6.66. The van der Waals surface area contributed by atoms with Gasteiger partial charge in [-0.05, 0) is 17.9 Å². The normalized spacial score (nSPS) is 13.7. The fraction of sp³-hybridized carbons (Fsp3) is 1.00. The van der Waals surface area contributed by atoms with Crippen LogP contribution in [0.15, 0.2) is 0 Å². The summed E-state index contributed by atoms with van der Waals surface area (Å²) in [6, 6.07) is 0. The molecule has 0 aromatic heterocycles. The fourth-order valence-electron chi connectivity index (χ4n) is 0.482. The first-order valence-corrected chi connectivity index (χ1v) is 4.42. The van der Waals surface area contributed by atoms with Gasteiger partial charge in [0.1, 0.15) is 0 Å². The first kappa shape index (κ1) is 9.27. The molecule has 0 saturated carbocycles. The van der Waals surface area contributed by atoms with Crippen LogP contribution in [0.1, 0.15) is 13.3 Å². The zero-order valence-electron chi connectivity index (χ0n) is 5.84. The van der Waals surface area contributed by atoms with E-state index in [1.165, 1.54) is 0 Å². The summed E-state index contributed by atoms with van der Waals surface area (Å²) in [5.41, 5.74) is 5.20. The van der Waals surface area contributed by atoms with Gasteiger partial charge in [0.25, 0.3) is 0 Å². The molecule has 0 saturated heterocycles. The predicted molar refractivity (Wildman–Crippen MR) is 42.7 cm³/mol. The Hall–Kier alpha value is 0.270. The van der Waals surface area contributed by atoms with Crippen LogP contribution in [0.2, 0.25) is 0 Å². The van der Waals surface area contributed by atoms with Crippen LogP contribution in [-0.2, 0) is 0 Å². The highest BCUT2D eigenvalue weighted by molar-refractivity contribution is 7.99. The molecule has 56 valence electrons. The Kier molecular flexibility index (Phi) is 6.58. The summed E-state index contributed by atoms with van der Waals surface area (Å²) in [7, 11) is 0. The molecule has 1 unspecified atom stereocenters. The molecule has 0 amide bonds. The summed E-state index contributed by atoms with van der Waals surface area (Å²) in [4.78, 5) is 0. The van der Waals surface area contributed by atoms with E-state index in [1.807, 2.05) is 11.8 Å². The van der Waals surface area contributed by atoms with E-state index in [9.17, 15) is 0 Å². The lowest BCUT2D eigenvalue weighted by Gasteiger charge is -2.04. The molecule has 0 bridgehead atoms. The molecule has 0 aromatic rings. The van der Waals surface area contributed by atoms with Gasteiger partial charge in [-0.2, -0.15) is 11.8 Å². The zero-order chi connectivity index (χ0) is 7.11. The second-order valence-electron chi connectivity index (χ2n) is 1.88. The van der Waals surface area contributed by atoms with Gasteiger partial charge in [-0.15, -0.1) is 0 Å². The maximum Gasteiger partial charge on any atom is 0.0670 e. The molecule has 0 spiro atoms. The largest absolute Gasteiger partial charge is 0.392 e. The summed E-state index contributed by atoms with van der Waals surface area (Å²) >= 11 is 1.84. The van der Waals surface area contributed by atoms with Gasteiger partial charge in [0, 0.05) is 6.54 Å². The van der Waals surface area contributed by atoms with E-state index in [0.717, 1.165) is 17.9 Å². The molecule has 3 heteroatoms. The number of nitrogens with two attached hydrogens (primary N) is 1. The van der Waals surface area contributed by atoms with Crippen molar-refractivity contribution < 1.29 is 5.11 Å². The summed E-state index contributed by atoms with van der Waals surface area (Å²) in [6.07, 6.45) is 0.540. The molecule has 0 aliphatic rings. The van der Waals surface area contributed by atoms with Crippen LogP contribution in [0.3, 0.4) is 0 Å². The Bertz CT molecular complexity index is 61.0. The number of hydrogen-bond acceptors (Lipinski definition) is 3. The Balaban J connectivity index is 2.88. The summed E-state index contributed by atoms with van der Waals surface area (Å²) in [6.45, 7) is 2.50. The number of thioether (sulfide) groups is 1. The second-order valence-corrected chi connectivity index (χ2v) is 3.27. The smallest absolute Gasteiger partial charge is 0.0670 e. The van der Waals surface area contributed by atoms with E-state index >= 15 is 0 Å². The van der Waals surface area contributed by atoms with E-state index in [2.05, 4.69) is 6.92 Å². The third kappa shape index (κ3) is 6.15. The summed E-state index contributed by atoms with van der Waals surface area (Å²) < 4.78 is 0. The summed E-state index contributed by atoms with van der Waals surface area (Å²) in [5, 5.41) is 8.95. The quantitative estimate of drug-likeness (QED) is 0.558. The molecule has 3 N–H and O–H groups in total. The van der Waals surface area contributed by atoms with Crippen molar-refractivity contribution in [3.8, 4) is 0 Å². The average Bonchev–Trinajstić information content (AvgIpc) is 1.89. The van der Waals surface area contributed by atoms with Crippen molar-refractivity contribution in [3.63, 3.8) is 0 Å². The average molecular weight is 149 g/mol. The minimum Gasteiger partial charge on any atom is -0.392 e. The van der Waals surface area contributed by atoms with Crippen LogP contribution in [0.4, 0.5) is 0 Å². The Morgan fingerprint density at radius 1 is 1.67 bits per heavy atom. The van der Waals surface area contributed by atoms with Gasteiger partial charge in [0.05, 0.1) is 6.10 Å². The molecule has 0 aliphatic heterocycles. The lowest BCUT2D eigenvalue weighted by molar-refractivity contribution is 0.180. The van der Waals surface area contributed by atoms with E-state index in [4.69, 9.17) is 10.8 Å². The maximum atomic E-state index is 8.95.